The molecular formula is C13H19N3O2S. The maximum Gasteiger partial charge on any atom is 0.349 e. The second kappa shape index (κ2) is 5.46. The monoisotopic (exact) mass is 281 g/mol. The molecular weight excluding hydrogens is 262 g/mol. The topological polar surface area (TPSA) is 45.7 Å². The Hall–Kier alpha value is -1.14. The summed E-state index contributed by atoms with van der Waals surface area (Å²) in [6.45, 7) is 5.47. The number of ether oxygens (including phenoxy) is 1. The van der Waals surface area contributed by atoms with Crippen molar-refractivity contribution in [2.45, 2.75) is 12.8 Å². The van der Waals surface area contributed by atoms with E-state index < -0.39 is 0 Å². The summed E-state index contributed by atoms with van der Waals surface area (Å²) in [6, 6.07) is 0. The van der Waals surface area contributed by atoms with Crippen LogP contribution in [0.3, 0.4) is 0 Å². The van der Waals surface area contributed by atoms with Crippen LogP contribution in [0.5, 0.6) is 0 Å². The van der Waals surface area contributed by atoms with Crippen LogP contribution < -0.4 is 4.90 Å². The van der Waals surface area contributed by atoms with E-state index in [2.05, 4.69) is 14.8 Å². The minimum atomic E-state index is -0.295. The lowest BCUT2D eigenvalue weighted by atomic mass is 10.3. The number of aromatic nitrogens is 1. The van der Waals surface area contributed by atoms with Crippen molar-refractivity contribution in [3.05, 3.63) is 11.1 Å². The first-order valence-electron chi connectivity index (χ1n) is 6.77. The van der Waals surface area contributed by atoms with Gasteiger partial charge in [0, 0.05) is 32.7 Å². The number of nitrogens with zero attached hydrogens (tertiary/aromatic N) is 3. The van der Waals surface area contributed by atoms with Gasteiger partial charge in [-0.25, -0.2) is 9.78 Å². The molecule has 0 N–H and O–H groups in total. The predicted molar refractivity (Wildman–Crippen MR) is 74.8 cm³/mol. The quantitative estimate of drug-likeness (QED) is 0.782. The number of esters is 1. The summed E-state index contributed by atoms with van der Waals surface area (Å²) in [7, 11) is 1.40. The third-order valence-electron chi connectivity index (χ3n) is 3.74. The molecule has 2 heterocycles. The molecule has 1 aliphatic carbocycles. The largest absolute Gasteiger partial charge is 0.465 e. The van der Waals surface area contributed by atoms with E-state index in [0.29, 0.717) is 4.88 Å². The van der Waals surface area contributed by atoms with E-state index in [4.69, 9.17) is 4.74 Å². The number of carbonyl (C=O) groups is 1. The SMILES string of the molecule is COC(=O)c1cnc(N2CCN(CC3CC3)CC2)s1. The highest BCUT2D eigenvalue weighted by atomic mass is 32.1. The molecule has 2 aliphatic rings. The van der Waals surface area contributed by atoms with E-state index in [1.165, 1.54) is 37.8 Å². The number of rotatable bonds is 4. The molecule has 3 rings (SSSR count). The number of hydrogen-bond donors (Lipinski definition) is 0. The van der Waals surface area contributed by atoms with Crippen LogP contribution in [0.4, 0.5) is 5.13 Å². The van der Waals surface area contributed by atoms with Crippen molar-refractivity contribution < 1.29 is 9.53 Å². The Balaban J connectivity index is 1.55. The molecule has 104 valence electrons. The Bertz CT molecular complexity index is 450. The van der Waals surface area contributed by atoms with Gasteiger partial charge in [0.2, 0.25) is 0 Å². The molecule has 0 bridgehead atoms. The fourth-order valence-electron chi connectivity index (χ4n) is 2.39. The van der Waals surface area contributed by atoms with Gasteiger partial charge in [0.1, 0.15) is 4.88 Å². The van der Waals surface area contributed by atoms with Crippen LogP contribution in [0.15, 0.2) is 6.20 Å². The molecule has 0 spiro atoms. The van der Waals surface area contributed by atoms with E-state index in [1.54, 1.807) is 6.20 Å². The highest BCUT2D eigenvalue weighted by molar-refractivity contribution is 7.17. The molecule has 0 radical (unpaired) electrons. The molecule has 6 heteroatoms. The zero-order chi connectivity index (χ0) is 13.2. The Morgan fingerprint density at radius 2 is 2.16 bits per heavy atom. The van der Waals surface area contributed by atoms with Gasteiger partial charge in [0.05, 0.1) is 13.3 Å². The van der Waals surface area contributed by atoms with Crippen molar-refractivity contribution in [3.8, 4) is 0 Å². The molecule has 5 nitrogen and oxygen atoms in total. The summed E-state index contributed by atoms with van der Waals surface area (Å²) in [5, 5.41) is 0.937. The zero-order valence-electron chi connectivity index (χ0n) is 11.2. The van der Waals surface area contributed by atoms with Crippen molar-refractivity contribution in [3.63, 3.8) is 0 Å². The first-order chi connectivity index (χ1) is 9.26. The number of carbonyl (C=O) groups excluding carboxylic acids is 1. The average molecular weight is 281 g/mol. The van der Waals surface area contributed by atoms with Gasteiger partial charge in [0.25, 0.3) is 0 Å². The van der Waals surface area contributed by atoms with E-state index in [1.807, 2.05) is 0 Å². The maximum atomic E-state index is 11.4. The van der Waals surface area contributed by atoms with Gasteiger partial charge < -0.3 is 9.64 Å². The summed E-state index contributed by atoms with van der Waals surface area (Å²) in [5.74, 6) is 0.661. The lowest BCUT2D eigenvalue weighted by molar-refractivity contribution is 0.0606. The van der Waals surface area contributed by atoms with Gasteiger partial charge in [-0.05, 0) is 18.8 Å². The molecule has 1 aromatic heterocycles. The standard InChI is InChI=1S/C13H19N3O2S/c1-18-12(17)11-8-14-13(19-11)16-6-4-15(5-7-16)9-10-2-3-10/h8,10H,2-7,9H2,1H3. The molecule has 0 amide bonds. The van der Waals surface area contributed by atoms with Gasteiger partial charge in [-0.3, -0.25) is 4.90 Å². The van der Waals surface area contributed by atoms with Crippen LogP contribution in [-0.2, 0) is 4.74 Å². The Morgan fingerprint density at radius 3 is 2.79 bits per heavy atom. The van der Waals surface area contributed by atoms with Crippen LogP contribution >= 0.6 is 11.3 Å². The summed E-state index contributed by atoms with van der Waals surface area (Å²) < 4.78 is 4.71. The third-order valence-corrected chi connectivity index (χ3v) is 4.77. The van der Waals surface area contributed by atoms with Crippen molar-refractivity contribution in [2.24, 2.45) is 5.92 Å². The van der Waals surface area contributed by atoms with Crippen LogP contribution in [0.2, 0.25) is 0 Å². The zero-order valence-corrected chi connectivity index (χ0v) is 12.0. The van der Waals surface area contributed by atoms with Crippen molar-refractivity contribution >= 4 is 22.4 Å². The minimum absolute atomic E-state index is 0.295. The van der Waals surface area contributed by atoms with Crippen LogP contribution in [-0.4, -0.2) is 55.7 Å². The van der Waals surface area contributed by atoms with Gasteiger partial charge in [-0.2, -0.15) is 0 Å². The number of methoxy groups -OCH3 is 1. The van der Waals surface area contributed by atoms with Gasteiger partial charge in [-0.1, -0.05) is 11.3 Å². The predicted octanol–water partition coefficient (Wildman–Crippen LogP) is 1.46. The minimum Gasteiger partial charge on any atom is -0.465 e. The summed E-state index contributed by atoms with van der Waals surface area (Å²) >= 11 is 1.42. The van der Waals surface area contributed by atoms with Crippen LogP contribution in [0.25, 0.3) is 0 Å². The number of hydrogen-bond acceptors (Lipinski definition) is 6. The molecule has 1 aromatic rings. The maximum absolute atomic E-state index is 11.4. The van der Waals surface area contributed by atoms with Crippen molar-refractivity contribution in [1.82, 2.24) is 9.88 Å². The molecule has 1 aliphatic heterocycles. The van der Waals surface area contributed by atoms with Gasteiger partial charge in [-0.15, -0.1) is 0 Å². The fourth-order valence-corrected chi connectivity index (χ4v) is 3.28. The van der Waals surface area contributed by atoms with Crippen LogP contribution in [0.1, 0.15) is 22.5 Å². The lowest BCUT2D eigenvalue weighted by Gasteiger charge is -2.34. The fraction of sp³-hybridized carbons (Fsp3) is 0.692. The number of anilines is 1. The summed E-state index contributed by atoms with van der Waals surface area (Å²) in [5.41, 5.74) is 0. The molecule has 1 saturated carbocycles. The Labute approximate surface area is 117 Å². The van der Waals surface area contributed by atoms with Gasteiger partial charge in [0.15, 0.2) is 5.13 Å². The Morgan fingerprint density at radius 1 is 1.42 bits per heavy atom. The smallest absolute Gasteiger partial charge is 0.349 e. The van der Waals surface area contributed by atoms with Crippen LogP contribution in [0, 0.1) is 5.92 Å². The highest BCUT2D eigenvalue weighted by Gasteiger charge is 2.27. The number of piperazine rings is 1. The number of thiazole rings is 1. The second-order valence-electron chi connectivity index (χ2n) is 5.23. The first-order valence-corrected chi connectivity index (χ1v) is 7.59. The molecule has 0 atom stereocenters. The van der Waals surface area contributed by atoms with E-state index in [9.17, 15) is 4.79 Å². The molecule has 19 heavy (non-hydrogen) atoms. The normalized spacial score (nSPS) is 20.6. The van der Waals surface area contributed by atoms with Crippen molar-refractivity contribution in [2.75, 3.05) is 44.7 Å². The van der Waals surface area contributed by atoms with E-state index in [-0.39, 0.29) is 5.97 Å². The first kappa shape index (κ1) is 12.9. The average Bonchev–Trinajstić information content (AvgIpc) is 3.12. The van der Waals surface area contributed by atoms with Crippen molar-refractivity contribution in [1.29, 1.82) is 0 Å². The van der Waals surface area contributed by atoms with E-state index >= 15 is 0 Å². The molecule has 0 unspecified atom stereocenters. The molecule has 1 saturated heterocycles. The lowest BCUT2D eigenvalue weighted by Crippen LogP contribution is -2.47. The third kappa shape index (κ3) is 3.06. The second-order valence-corrected chi connectivity index (χ2v) is 6.24. The molecule has 0 aromatic carbocycles. The summed E-state index contributed by atoms with van der Waals surface area (Å²) in [4.78, 5) is 21.1. The summed E-state index contributed by atoms with van der Waals surface area (Å²) in [6.07, 6.45) is 4.44. The molecule has 2 fully saturated rings. The Kier molecular flexibility index (Phi) is 3.70. The van der Waals surface area contributed by atoms with E-state index in [0.717, 1.165) is 37.2 Å². The van der Waals surface area contributed by atoms with Gasteiger partial charge >= 0.3 is 5.97 Å². The highest BCUT2D eigenvalue weighted by Crippen LogP contribution is 2.30.